The lowest BCUT2D eigenvalue weighted by atomic mass is 10.1. The fourth-order valence-electron chi connectivity index (χ4n) is 2.90. The first-order valence-electron chi connectivity index (χ1n) is 8.76. The number of hydrogen-bond acceptors (Lipinski definition) is 4. The smallest absolute Gasteiger partial charge is 0.219 e. The molecule has 2 aromatic carbocycles. The Balaban J connectivity index is 1.73. The topological polar surface area (TPSA) is 66.7 Å². The number of aliphatic imine (C=N–C) groups is 1. The van der Waals surface area contributed by atoms with E-state index in [1.54, 1.807) is 12.3 Å². The molecule has 138 valence electrons. The Labute approximate surface area is 159 Å². The van der Waals surface area contributed by atoms with Gasteiger partial charge in [0.25, 0.3) is 0 Å². The zero-order valence-electron chi connectivity index (χ0n) is 15.7. The SMILES string of the molecule is Cc1cc(C)cc(CN=C(NO)c2ccc(Oc3cccc(C)c3)nc2)c1. The summed E-state index contributed by atoms with van der Waals surface area (Å²) < 4.78 is 5.75. The fraction of sp³-hybridized carbons (Fsp3) is 0.182. The van der Waals surface area contributed by atoms with Crippen LogP contribution in [0, 0.1) is 20.8 Å². The highest BCUT2D eigenvalue weighted by Gasteiger charge is 2.05. The summed E-state index contributed by atoms with van der Waals surface area (Å²) in [4.78, 5) is 8.77. The number of ether oxygens (including phenoxy) is 1. The summed E-state index contributed by atoms with van der Waals surface area (Å²) in [7, 11) is 0. The summed E-state index contributed by atoms with van der Waals surface area (Å²) in [5.41, 5.74) is 7.44. The van der Waals surface area contributed by atoms with Crippen molar-refractivity contribution in [3.8, 4) is 11.6 Å². The molecule has 0 amide bonds. The van der Waals surface area contributed by atoms with Gasteiger partial charge in [-0.2, -0.15) is 0 Å². The molecule has 1 heterocycles. The lowest BCUT2D eigenvalue weighted by Gasteiger charge is -2.08. The minimum Gasteiger partial charge on any atom is -0.439 e. The number of hydroxylamine groups is 1. The van der Waals surface area contributed by atoms with Gasteiger partial charge in [-0.15, -0.1) is 0 Å². The predicted molar refractivity (Wildman–Crippen MR) is 107 cm³/mol. The Hall–Kier alpha value is -3.18. The molecule has 3 rings (SSSR count). The summed E-state index contributed by atoms with van der Waals surface area (Å²) >= 11 is 0. The third-order valence-corrected chi connectivity index (χ3v) is 4.03. The first-order valence-corrected chi connectivity index (χ1v) is 8.76. The Morgan fingerprint density at radius 2 is 1.78 bits per heavy atom. The van der Waals surface area contributed by atoms with Crippen molar-refractivity contribution in [1.82, 2.24) is 10.5 Å². The highest BCUT2D eigenvalue weighted by molar-refractivity contribution is 5.97. The number of hydrogen-bond donors (Lipinski definition) is 2. The van der Waals surface area contributed by atoms with Crippen LogP contribution < -0.4 is 10.2 Å². The van der Waals surface area contributed by atoms with E-state index in [1.165, 1.54) is 11.1 Å². The van der Waals surface area contributed by atoms with Gasteiger partial charge in [0, 0.05) is 17.8 Å². The molecule has 0 fully saturated rings. The van der Waals surface area contributed by atoms with Crippen LogP contribution in [0.3, 0.4) is 0 Å². The average molecular weight is 361 g/mol. The molecule has 0 atom stereocenters. The van der Waals surface area contributed by atoms with Gasteiger partial charge in [-0.3, -0.25) is 15.7 Å². The van der Waals surface area contributed by atoms with E-state index in [9.17, 15) is 5.21 Å². The molecule has 27 heavy (non-hydrogen) atoms. The van der Waals surface area contributed by atoms with Gasteiger partial charge < -0.3 is 4.74 Å². The van der Waals surface area contributed by atoms with Gasteiger partial charge in [0.1, 0.15) is 5.75 Å². The monoisotopic (exact) mass is 361 g/mol. The van der Waals surface area contributed by atoms with Crippen molar-refractivity contribution in [1.29, 1.82) is 0 Å². The normalized spacial score (nSPS) is 11.3. The van der Waals surface area contributed by atoms with Crippen molar-refractivity contribution >= 4 is 5.84 Å². The second kappa shape index (κ2) is 8.47. The van der Waals surface area contributed by atoms with Gasteiger partial charge in [-0.1, -0.05) is 41.5 Å². The molecular formula is C22H23N3O2. The van der Waals surface area contributed by atoms with Crippen molar-refractivity contribution in [3.05, 3.63) is 88.6 Å². The molecule has 0 saturated heterocycles. The van der Waals surface area contributed by atoms with E-state index in [0.717, 1.165) is 16.9 Å². The van der Waals surface area contributed by atoms with Gasteiger partial charge in [-0.05, 0) is 50.1 Å². The number of rotatable bonds is 5. The van der Waals surface area contributed by atoms with Gasteiger partial charge in [0.2, 0.25) is 5.88 Å². The number of pyridine rings is 1. The van der Waals surface area contributed by atoms with Crippen LogP contribution in [0.1, 0.15) is 27.8 Å². The van der Waals surface area contributed by atoms with Crippen LogP contribution in [-0.4, -0.2) is 16.0 Å². The van der Waals surface area contributed by atoms with Crippen molar-refractivity contribution in [3.63, 3.8) is 0 Å². The summed E-state index contributed by atoms with van der Waals surface area (Å²) in [6.45, 7) is 6.59. The molecule has 0 spiro atoms. The van der Waals surface area contributed by atoms with Crippen LogP contribution in [0.5, 0.6) is 11.6 Å². The van der Waals surface area contributed by atoms with Gasteiger partial charge in [0.15, 0.2) is 5.84 Å². The van der Waals surface area contributed by atoms with Gasteiger partial charge in [0.05, 0.1) is 6.54 Å². The molecule has 0 bridgehead atoms. The second-order valence-corrected chi connectivity index (χ2v) is 6.58. The highest BCUT2D eigenvalue weighted by Crippen LogP contribution is 2.20. The summed E-state index contributed by atoms with van der Waals surface area (Å²) in [6.07, 6.45) is 1.62. The molecule has 0 saturated carbocycles. The van der Waals surface area contributed by atoms with Gasteiger partial charge in [-0.25, -0.2) is 4.98 Å². The average Bonchev–Trinajstić information content (AvgIpc) is 2.63. The summed E-state index contributed by atoms with van der Waals surface area (Å²) in [6, 6.07) is 17.6. The Kier molecular flexibility index (Phi) is 5.84. The van der Waals surface area contributed by atoms with Crippen molar-refractivity contribution in [2.24, 2.45) is 4.99 Å². The van der Waals surface area contributed by atoms with Crippen LogP contribution in [0.25, 0.3) is 0 Å². The van der Waals surface area contributed by atoms with E-state index in [1.807, 2.05) is 37.3 Å². The first kappa shape index (κ1) is 18.6. The zero-order chi connectivity index (χ0) is 19.2. The molecule has 5 heteroatoms. The lowest BCUT2D eigenvalue weighted by molar-refractivity contribution is 0.234. The summed E-state index contributed by atoms with van der Waals surface area (Å²) in [5.74, 6) is 1.58. The predicted octanol–water partition coefficient (Wildman–Crippen LogP) is 4.72. The van der Waals surface area contributed by atoms with Crippen LogP contribution in [-0.2, 0) is 6.54 Å². The lowest BCUT2D eigenvalue weighted by Crippen LogP contribution is -2.20. The molecular weight excluding hydrogens is 338 g/mol. The number of benzene rings is 2. The Morgan fingerprint density at radius 1 is 1.00 bits per heavy atom. The Bertz CT molecular complexity index is 930. The zero-order valence-corrected chi connectivity index (χ0v) is 15.7. The molecule has 3 aromatic rings. The van der Waals surface area contributed by atoms with Crippen LogP contribution in [0.4, 0.5) is 0 Å². The van der Waals surface area contributed by atoms with Crippen molar-refractivity contribution in [2.75, 3.05) is 0 Å². The number of aryl methyl sites for hydroxylation is 3. The minimum atomic E-state index is 0.365. The van der Waals surface area contributed by atoms with E-state index in [0.29, 0.717) is 23.8 Å². The highest BCUT2D eigenvalue weighted by atomic mass is 16.5. The third-order valence-electron chi connectivity index (χ3n) is 4.03. The number of nitrogens with zero attached hydrogens (tertiary/aromatic N) is 2. The fourth-order valence-corrected chi connectivity index (χ4v) is 2.90. The van der Waals surface area contributed by atoms with E-state index in [2.05, 4.69) is 47.5 Å². The molecule has 0 unspecified atom stereocenters. The standard InChI is InChI=1S/C22H23N3O2/c1-15-5-4-6-20(12-15)27-21-8-7-19(14-23-21)22(25-26)24-13-18-10-16(2)9-17(3)11-18/h4-12,14,26H,13H2,1-3H3,(H,24,25). The molecule has 1 aromatic heterocycles. The van der Waals surface area contributed by atoms with Crippen LogP contribution in [0.15, 0.2) is 65.8 Å². The van der Waals surface area contributed by atoms with E-state index in [4.69, 9.17) is 4.74 Å². The Morgan fingerprint density at radius 3 is 2.41 bits per heavy atom. The largest absolute Gasteiger partial charge is 0.439 e. The second-order valence-electron chi connectivity index (χ2n) is 6.58. The molecule has 5 nitrogen and oxygen atoms in total. The number of nitrogens with one attached hydrogen (secondary N) is 1. The molecule has 2 N–H and O–H groups in total. The maximum Gasteiger partial charge on any atom is 0.219 e. The van der Waals surface area contributed by atoms with Crippen molar-refractivity contribution in [2.45, 2.75) is 27.3 Å². The molecule has 0 aliphatic rings. The van der Waals surface area contributed by atoms with Gasteiger partial charge >= 0.3 is 0 Å². The first-order chi connectivity index (χ1) is 13.0. The number of amidine groups is 1. The third kappa shape index (κ3) is 5.15. The van der Waals surface area contributed by atoms with E-state index < -0.39 is 0 Å². The van der Waals surface area contributed by atoms with Crippen molar-refractivity contribution < 1.29 is 9.94 Å². The molecule has 0 aliphatic heterocycles. The minimum absolute atomic E-state index is 0.365. The van der Waals surface area contributed by atoms with E-state index >= 15 is 0 Å². The van der Waals surface area contributed by atoms with Crippen LogP contribution in [0.2, 0.25) is 0 Å². The van der Waals surface area contributed by atoms with E-state index in [-0.39, 0.29) is 0 Å². The maximum absolute atomic E-state index is 9.46. The molecule has 0 aliphatic carbocycles. The molecule has 0 radical (unpaired) electrons. The number of aromatic nitrogens is 1. The maximum atomic E-state index is 9.46. The summed E-state index contributed by atoms with van der Waals surface area (Å²) in [5, 5.41) is 9.46. The quantitative estimate of drug-likeness (QED) is 0.392. The van der Waals surface area contributed by atoms with Crippen LogP contribution >= 0.6 is 0 Å².